The highest BCUT2D eigenvalue weighted by Gasteiger charge is 2.39. The number of hydrogen-bond donors (Lipinski definition) is 0. The van der Waals surface area contributed by atoms with Crippen molar-refractivity contribution < 1.29 is 15.1 Å². The Hall–Kier alpha value is -3.29. The maximum Gasteiger partial charge on any atom is 0.356 e. The number of fused-ring (bicyclic) bond motifs is 3. The summed E-state index contributed by atoms with van der Waals surface area (Å²) in [4.78, 5) is 20.5. The highest BCUT2D eigenvalue weighted by molar-refractivity contribution is 6.26. The summed E-state index contributed by atoms with van der Waals surface area (Å²) in [5, 5.41) is 36.2. The van der Waals surface area contributed by atoms with Gasteiger partial charge in [0.05, 0.1) is 15.4 Å². The zero-order valence-corrected chi connectivity index (χ0v) is 10.3. The van der Waals surface area contributed by atoms with Crippen LogP contribution in [0.4, 0.5) is 11.4 Å². The first-order chi connectivity index (χ1) is 10.1. The SMILES string of the molecule is [O]N=C1c2ccccc2-c2ccc([N+](=O)[O-])c([N+](=O)[O-])c21. The molecule has 1 aliphatic rings. The molecule has 3 rings (SSSR count). The van der Waals surface area contributed by atoms with Crippen molar-refractivity contribution in [3.05, 3.63) is 67.8 Å². The Bertz CT molecular complexity index is 829. The Kier molecular flexibility index (Phi) is 2.65. The standard InChI is InChI=1S/C13H6N3O5/c17-14-12-9-4-2-1-3-7(9)8-5-6-10(15(18)19)13(11(8)12)16(20)21/h1-6H. The van der Waals surface area contributed by atoms with Gasteiger partial charge in [0.25, 0.3) is 0 Å². The molecule has 8 nitrogen and oxygen atoms in total. The lowest BCUT2D eigenvalue weighted by Crippen LogP contribution is -2.05. The van der Waals surface area contributed by atoms with E-state index >= 15 is 0 Å². The predicted molar refractivity (Wildman–Crippen MR) is 71.5 cm³/mol. The van der Waals surface area contributed by atoms with Gasteiger partial charge in [-0.25, -0.2) is 0 Å². The van der Waals surface area contributed by atoms with Crippen LogP contribution in [-0.4, -0.2) is 15.6 Å². The molecule has 8 heteroatoms. The molecule has 103 valence electrons. The number of nitro groups is 2. The zero-order valence-electron chi connectivity index (χ0n) is 10.3. The van der Waals surface area contributed by atoms with Crippen molar-refractivity contribution in [1.82, 2.24) is 0 Å². The van der Waals surface area contributed by atoms with Crippen molar-refractivity contribution in [3.8, 4) is 11.1 Å². The van der Waals surface area contributed by atoms with Gasteiger partial charge in [-0.2, -0.15) is 0 Å². The Morgan fingerprint density at radius 3 is 2.10 bits per heavy atom. The number of rotatable bonds is 2. The average molecular weight is 284 g/mol. The van der Waals surface area contributed by atoms with E-state index in [1.54, 1.807) is 24.3 Å². The van der Waals surface area contributed by atoms with Gasteiger partial charge in [0.1, 0.15) is 5.71 Å². The van der Waals surface area contributed by atoms with Crippen molar-refractivity contribution in [1.29, 1.82) is 0 Å². The van der Waals surface area contributed by atoms with Crippen LogP contribution in [0, 0.1) is 20.2 Å². The summed E-state index contributed by atoms with van der Waals surface area (Å²) in [5.41, 5.74) is -0.166. The van der Waals surface area contributed by atoms with Gasteiger partial charge < -0.3 is 0 Å². The molecule has 0 saturated heterocycles. The third-order valence-electron chi connectivity index (χ3n) is 3.34. The molecule has 2 aromatic rings. The van der Waals surface area contributed by atoms with Crippen LogP contribution < -0.4 is 0 Å². The fourth-order valence-corrected chi connectivity index (χ4v) is 2.53. The van der Waals surface area contributed by atoms with Crippen molar-refractivity contribution in [2.24, 2.45) is 5.16 Å². The van der Waals surface area contributed by atoms with Crippen LogP contribution in [0.5, 0.6) is 0 Å². The van der Waals surface area contributed by atoms with Gasteiger partial charge in [-0.05, 0) is 22.3 Å². The number of nitrogens with zero attached hydrogens (tertiary/aromatic N) is 3. The summed E-state index contributed by atoms with van der Waals surface area (Å²) in [6.45, 7) is 0. The summed E-state index contributed by atoms with van der Waals surface area (Å²) < 4.78 is 0. The van der Waals surface area contributed by atoms with Crippen LogP contribution in [0.1, 0.15) is 11.1 Å². The minimum Gasteiger partial charge on any atom is -0.258 e. The van der Waals surface area contributed by atoms with Gasteiger partial charge in [-0.3, -0.25) is 20.2 Å². The molecule has 0 unspecified atom stereocenters. The predicted octanol–water partition coefficient (Wildman–Crippen LogP) is 2.67. The smallest absolute Gasteiger partial charge is 0.258 e. The van der Waals surface area contributed by atoms with E-state index in [1.165, 1.54) is 6.07 Å². The summed E-state index contributed by atoms with van der Waals surface area (Å²) in [7, 11) is 0. The van der Waals surface area contributed by atoms with E-state index in [0.717, 1.165) is 6.07 Å². The topological polar surface area (TPSA) is 119 Å². The molecule has 0 spiro atoms. The fraction of sp³-hybridized carbons (Fsp3) is 0. The van der Waals surface area contributed by atoms with Gasteiger partial charge in [-0.15, -0.1) is 5.21 Å². The Labute approximate surface area is 117 Å². The van der Waals surface area contributed by atoms with Crippen LogP contribution in [0.15, 0.2) is 41.6 Å². The Morgan fingerprint density at radius 1 is 0.857 bits per heavy atom. The Morgan fingerprint density at radius 2 is 1.52 bits per heavy atom. The average Bonchev–Trinajstić information content (AvgIpc) is 2.79. The van der Waals surface area contributed by atoms with Gasteiger partial charge in [-0.1, -0.05) is 24.3 Å². The molecule has 2 aromatic carbocycles. The minimum absolute atomic E-state index is 0.0922. The summed E-state index contributed by atoms with van der Waals surface area (Å²) >= 11 is 0. The lowest BCUT2D eigenvalue weighted by atomic mass is 10.0. The minimum atomic E-state index is -0.853. The third-order valence-corrected chi connectivity index (χ3v) is 3.34. The van der Waals surface area contributed by atoms with Crippen LogP contribution >= 0.6 is 0 Å². The zero-order chi connectivity index (χ0) is 15.1. The molecular weight excluding hydrogens is 278 g/mol. The molecule has 1 radical (unpaired) electrons. The fourth-order valence-electron chi connectivity index (χ4n) is 2.53. The highest BCUT2D eigenvalue weighted by atomic mass is 16.6. The van der Waals surface area contributed by atoms with Crippen molar-refractivity contribution in [3.63, 3.8) is 0 Å². The van der Waals surface area contributed by atoms with Crippen LogP contribution in [0.3, 0.4) is 0 Å². The molecular formula is C13H6N3O5. The van der Waals surface area contributed by atoms with E-state index in [4.69, 9.17) is 0 Å². The molecule has 0 aromatic heterocycles. The van der Waals surface area contributed by atoms with Crippen molar-refractivity contribution in [2.75, 3.05) is 0 Å². The second-order valence-electron chi connectivity index (χ2n) is 4.36. The lowest BCUT2D eigenvalue weighted by molar-refractivity contribution is -0.422. The number of nitro benzene ring substituents is 2. The first kappa shape index (κ1) is 12.7. The highest BCUT2D eigenvalue weighted by Crippen LogP contribution is 2.45. The molecule has 1 aliphatic carbocycles. The van der Waals surface area contributed by atoms with E-state index in [2.05, 4.69) is 5.16 Å². The first-order valence-corrected chi connectivity index (χ1v) is 5.82. The molecule has 0 fully saturated rings. The largest absolute Gasteiger partial charge is 0.356 e. The van der Waals surface area contributed by atoms with E-state index in [-0.39, 0.29) is 11.3 Å². The molecule has 0 saturated carbocycles. The summed E-state index contributed by atoms with van der Waals surface area (Å²) in [5.74, 6) is 0. The normalized spacial score (nSPS) is 13.8. The van der Waals surface area contributed by atoms with Gasteiger partial charge in [0.2, 0.25) is 0 Å². The molecule has 21 heavy (non-hydrogen) atoms. The second-order valence-corrected chi connectivity index (χ2v) is 4.36. The van der Waals surface area contributed by atoms with Gasteiger partial charge in [0.15, 0.2) is 0 Å². The number of hydrogen-bond acceptors (Lipinski definition) is 5. The molecule has 0 heterocycles. The monoisotopic (exact) mass is 284 g/mol. The number of benzene rings is 2. The summed E-state index contributed by atoms with van der Waals surface area (Å²) in [6, 6.07) is 9.13. The summed E-state index contributed by atoms with van der Waals surface area (Å²) in [6.07, 6.45) is 0. The van der Waals surface area contributed by atoms with E-state index < -0.39 is 21.2 Å². The van der Waals surface area contributed by atoms with E-state index in [9.17, 15) is 25.4 Å². The van der Waals surface area contributed by atoms with E-state index in [1.807, 2.05) is 0 Å². The van der Waals surface area contributed by atoms with Crippen LogP contribution in [-0.2, 0) is 5.21 Å². The quantitative estimate of drug-likeness (QED) is 0.530. The maximum atomic E-state index is 11.2. The third kappa shape index (κ3) is 1.66. The maximum absolute atomic E-state index is 11.2. The molecule has 0 bridgehead atoms. The second kappa shape index (κ2) is 4.37. The molecule has 0 atom stereocenters. The van der Waals surface area contributed by atoms with Gasteiger partial charge >= 0.3 is 11.4 Å². The van der Waals surface area contributed by atoms with Gasteiger partial charge in [0, 0.05) is 11.6 Å². The first-order valence-electron chi connectivity index (χ1n) is 5.82. The van der Waals surface area contributed by atoms with E-state index in [0.29, 0.717) is 16.7 Å². The van der Waals surface area contributed by atoms with Crippen LogP contribution in [0.25, 0.3) is 11.1 Å². The Balaban J connectivity index is 2.45. The molecule has 0 aliphatic heterocycles. The van der Waals surface area contributed by atoms with Crippen molar-refractivity contribution >= 4 is 17.1 Å². The lowest BCUT2D eigenvalue weighted by Gasteiger charge is -2.02. The molecule has 0 N–H and O–H groups in total. The van der Waals surface area contributed by atoms with Crippen molar-refractivity contribution in [2.45, 2.75) is 0 Å². The van der Waals surface area contributed by atoms with Crippen LogP contribution in [0.2, 0.25) is 0 Å². The molecule has 0 amide bonds.